The van der Waals surface area contributed by atoms with Crippen molar-refractivity contribution in [3.05, 3.63) is 87.2 Å². The molecule has 2 aromatic carbocycles. The fourth-order valence-electron chi connectivity index (χ4n) is 3.34. The summed E-state index contributed by atoms with van der Waals surface area (Å²) in [6.07, 6.45) is 0. The van der Waals surface area contributed by atoms with Gasteiger partial charge in [-0.2, -0.15) is 0 Å². The molecule has 26 heavy (non-hydrogen) atoms. The maximum absolute atomic E-state index is 13.2. The Hall–Kier alpha value is -3.32. The second kappa shape index (κ2) is 5.60. The molecule has 126 valence electrons. The quantitative estimate of drug-likeness (QED) is 0.547. The summed E-state index contributed by atoms with van der Waals surface area (Å²) in [6, 6.07) is 15.8. The van der Waals surface area contributed by atoms with E-state index in [-0.39, 0.29) is 17.1 Å². The highest BCUT2D eigenvalue weighted by atomic mass is 32.1. The highest BCUT2D eigenvalue weighted by Gasteiger charge is 2.44. The van der Waals surface area contributed by atoms with Crippen LogP contribution in [0.1, 0.15) is 27.7 Å². The van der Waals surface area contributed by atoms with Crippen LogP contribution >= 0.6 is 11.3 Å². The van der Waals surface area contributed by atoms with Gasteiger partial charge in [0.25, 0.3) is 5.91 Å². The molecular weight excluding hydrogens is 350 g/mol. The Bertz CT molecular complexity index is 1190. The predicted molar refractivity (Wildman–Crippen MR) is 97.5 cm³/mol. The molecule has 0 spiro atoms. The van der Waals surface area contributed by atoms with Gasteiger partial charge in [-0.25, -0.2) is 0 Å². The summed E-state index contributed by atoms with van der Waals surface area (Å²) >= 11 is 1.24. The highest BCUT2D eigenvalue weighted by Crippen LogP contribution is 2.41. The summed E-state index contributed by atoms with van der Waals surface area (Å²) in [6.45, 7) is 0. The Labute approximate surface area is 151 Å². The number of anilines is 1. The van der Waals surface area contributed by atoms with Crippen molar-refractivity contribution in [1.29, 1.82) is 0 Å². The molecule has 0 saturated carbocycles. The summed E-state index contributed by atoms with van der Waals surface area (Å²) in [5, 5.41) is 8.76. The molecule has 5 rings (SSSR count). The second-order valence-corrected chi connectivity index (χ2v) is 6.69. The molecule has 4 aromatic rings. The number of aromatic nitrogens is 2. The van der Waals surface area contributed by atoms with Gasteiger partial charge in [0.1, 0.15) is 11.1 Å². The third-order valence-corrected chi connectivity index (χ3v) is 5.14. The Balaban J connectivity index is 1.85. The van der Waals surface area contributed by atoms with E-state index in [4.69, 9.17) is 4.42 Å². The van der Waals surface area contributed by atoms with E-state index in [9.17, 15) is 9.59 Å². The van der Waals surface area contributed by atoms with E-state index in [1.165, 1.54) is 16.2 Å². The smallest absolute Gasteiger partial charge is 0.297 e. The van der Waals surface area contributed by atoms with Gasteiger partial charge in [-0.1, -0.05) is 53.8 Å². The fraction of sp³-hybridized carbons (Fsp3) is 0.0526. The van der Waals surface area contributed by atoms with Crippen molar-refractivity contribution in [1.82, 2.24) is 10.2 Å². The molecule has 0 fully saturated rings. The maximum Gasteiger partial charge on any atom is 0.297 e. The van der Waals surface area contributed by atoms with E-state index in [1.807, 2.05) is 30.3 Å². The minimum Gasteiger partial charge on any atom is -0.450 e. The first-order valence-corrected chi connectivity index (χ1v) is 8.84. The summed E-state index contributed by atoms with van der Waals surface area (Å²) in [7, 11) is 0. The predicted octanol–water partition coefficient (Wildman–Crippen LogP) is 3.39. The Morgan fingerprint density at radius 2 is 1.77 bits per heavy atom. The number of nitrogens with zero attached hydrogens (tertiary/aromatic N) is 3. The molecule has 1 aliphatic rings. The Kier molecular flexibility index (Phi) is 3.23. The van der Waals surface area contributed by atoms with Gasteiger partial charge in [-0.05, 0) is 17.7 Å². The molecule has 6 nitrogen and oxygen atoms in total. The lowest BCUT2D eigenvalue weighted by Crippen LogP contribution is -2.29. The number of hydrogen-bond donors (Lipinski definition) is 0. The lowest BCUT2D eigenvalue weighted by molar-refractivity contribution is 0.0970. The van der Waals surface area contributed by atoms with Gasteiger partial charge in [0.2, 0.25) is 10.9 Å². The monoisotopic (exact) mass is 361 g/mol. The number of fused-ring (bicyclic) bond motifs is 2. The molecular formula is C19H11N3O3S. The zero-order valence-electron chi connectivity index (χ0n) is 13.3. The van der Waals surface area contributed by atoms with Crippen LogP contribution in [0.4, 0.5) is 5.13 Å². The van der Waals surface area contributed by atoms with Gasteiger partial charge in [0.05, 0.1) is 17.0 Å². The van der Waals surface area contributed by atoms with Crippen LogP contribution in [0, 0.1) is 0 Å². The standard InChI is InChI=1S/C19H11N3O3S/c23-16-12-8-4-5-9-13(12)25-17-14(16)15(11-6-2-1-3-7-11)22(18(17)24)19-21-20-10-26-19/h1-10,15H/t15-/m1/s1. The van der Waals surface area contributed by atoms with Crippen molar-refractivity contribution in [3.8, 4) is 0 Å². The molecule has 0 radical (unpaired) electrons. The summed E-state index contributed by atoms with van der Waals surface area (Å²) in [4.78, 5) is 27.8. The highest BCUT2D eigenvalue weighted by molar-refractivity contribution is 7.13. The van der Waals surface area contributed by atoms with Crippen molar-refractivity contribution in [3.63, 3.8) is 0 Å². The van der Waals surface area contributed by atoms with Crippen LogP contribution in [0.3, 0.4) is 0 Å². The number of carbonyl (C=O) groups is 1. The minimum atomic E-state index is -0.590. The molecule has 7 heteroatoms. The van der Waals surface area contributed by atoms with E-state index in [1.54, 1.807) is 29.8 Å². The molecule has 1 aliphatic heterocycles. The Morgan fingerprint density at radius 1 is 1.00 bits per heavy atom. The van der Waals surface area contributed by atoms with Gasteiger partial charge in [0.15, 0.2) is 5.43 Å². The first kappa shape index (κ1) is 15.0. The van der Waals surface area contributed by atoms with Crippen LogP contribution in [0.25, 0.3) is 11.0 Å². The third-order valence-electron chi connectivity index (χ3n) is 4.45. The SMILES string of the molecule is O=C1c2oc3ccccc3c(=O)c2[C@@H](c2ccccc2)N1c1nncs1. The molecule has 2 aromatic heterocycles. The van der Waals surface area contributed by atoms with Gasteiger partial charge >= 0.3 is 0 Å². The van der Waals surface area contributed by atoms with Crippen molar-refractivity contribution in [2.75, 3.05) is 4.90 Å². The van der Waals surface area contributed by atoms with Crippen LogP contribution in [-0.4, -0.2) is 16.1 Å². The number of rotatable bonds is 2. The summed E-state index contributed by atoms with van der Waals surface area (Å²) < 4.78 is 5.84. The number of para-hydroxylation sites is 1. The van der Waals surface area contributed by atoms with Crippen LogP contribution < -0.4 is 10.3 Å². The Morgan fingerprint density at radius 3 is 2.54 bits per heavy atom. The van der Waals surface area contributed by atoms with Crippen LogP contribution in [0.15, 0.2) is 69.3 Å². The number of benzene rings is 2. The van der Waals surface area contributed by atoms with E-state index in [0.29, 0.717) is 21.7 Å². The normalized spacial score (nSPS) is 16.2. The first-order valence-electron chi connectivity index (χ1n) is 7.96. The number of amides is 1. The molecule has 0 N–H and O–H groups in total. The van der Waals surface area contributed by atoms with Crippen LogP contribution in [-0.2, 0) is 0 Å². The topological polar surface area (TPSA) is 76.3 Å². The fourth-order valence-corrected chi connectivity index (χ4v) is 3.92. The van der Waals surface area contributed by atoms with E-state index < -0.39 is 6.04 Å². The lowest BCUT2D eigenvalue weighted by atomic mass is 9.99. The molecule has 0 unspecified atom stereocenters. The van der Waals surface area contributed by atoms with Crippen LogP contribution in [0.5, 0.6) is 0 Å². The molecule has 0 saturated heterocycles. The molecule has 0 aliphatic carbocycles. The van der Waals surface area contributed by atoms with Gasteiger partial charge in [-0.15, -0.1) is 10.2 Å². The average Bonchev–Trinajstić information content (AvgIpc) is 3.30. The van der Waals surface area contributed by atoms with E-state index in [2.05, 4.69) is 10.2 Å². The zero-order valence-corrected chi connectivity index (χ0v) is 14.1. The molecule has 1 amide bonds. The third kappa shape index (κ3) is 2.04. The zero-order chi connectivity index (χ0) is 17.7. The van der Waals surface area contributed by atoms with Gasteiger partial charge in [0, 0.05) is 0 Å². The molecule has 0 bridgehead atoms. The van der Waals surface area contributed by atoms with Crippen molar-refractivity contribution < 1.29 is 9.21 Å². The largest absolute Gasteiger partial charge is 0.450 e. The number of carbonyl (C=O) groups excluding carboxylic acids is 1. The maximum atomic E-state index is 13.2. The van der Waals surface area contributed by atoms with Crippen molar-refractivity contribution in [2.24, 2.45) is 0 Å². The second-order valence-electron chi connectivity index (χ2n) is 5.88. The summed E-state index contributed by atoms with van der Waals surface area (Å²) in [5.74, 6) is -0.314. The van der Waals surface area contributed by atoms with E-state index >= 15 is 0 Å². The summed E-state index contributed by atoms with van der Waals surface area (Å²) in [5.41, 5.74) is 2.92. The van der Waals surface area contributed by atoms with E-state index in [0.717, 1.165) is 5.56 Å². The van der Waals surface area contributed by atoms with Gasteiger partial charge in [-0.3, -0.25) is 14.5 Å². The van der Waals surface area contributed by atoms with Crippen LogP contribution in [0.2, 0.25) is 0 Å². The van der Waals surface area contributed by atoms with Gasteiger partial charge < -0.3 is 4.42 Å². The van der Waals surface area contributed by atoms with Crippen molar-refractivity contribution in [2.45, 2.75) is 6.04 Å². The average molecular weight is 361 g/mol. The first-order chi connectivity index (χ1) is 12.8. The molecule has 1 atom stereocenters. The molecule has 3 heterocycles. The minimum absolute atomic E-state index is 0.0674. The number of hydrogen-bond acceptors (Lipinski definition) is 6. The lowest BCUT2D eigenvalue weighted by Gasteiger charge is -2.21. The van der Waals surface area contributed by atoms with Crippen molar-refractivity contribution >= 4 is 33.3 Å².